The fraction of sp³-hybridized carbons (Fsp3) is 0.444. The standard InChI is InChI=1S/C18H20BrF2N3O2/c1-18(2,3)26-17(25)23-7-6-11-8-12(4-5-13(11)10-23)15-22-9-14(19)24(15)16(20)21/h4-5,8-9,16H,6-7,10H2,1-3H3. The second-order valence-corrected chi connectivity index (χ2v) is 8.00. The average Bonchev–Trinajstić information content (AvgIpc) is 2.94. The Hall–Kier alpha value is -1.96. The summed E-state index contributed by atoms with van der Waals surface area (Å²) in [6.07, 6.45) is 1.66. The summed E-state index contributed by atoms with van der Waals surface area (Å²) in [5.41, 5.74) is 2.10. The van der Waals surface area contributed by atoms with Gasteiger partial charge in [0.25, 0.3) is 0 Å². The molecule has 1 amide bonds. The van der Waals surface area contributed by atoms with Crippen molar-refractivity contribution in [1.82, 2.24) is 14.5 Å². The van der Waals surface area contributed by atoms with Crippen molar-refractivity contribution < 1.29 is 18.3 Å². The van der Waals surface area contributed by atoms with Gasteiger partial charge in [0.2, 0.25) is 0 Å². The van der Waals surface area contributed by atoms with Crippen molar-refractivity contribution in [3.63, 3.8) is 0 Å². The molecule has 0 N–H and O–H groups in total. The highest BCUT2D eigenvalue weighted by atomic mass is 79.9. The molecule has 1 aliphatic rings. The predicted octanol–water partition coefficient (Wildman–Crippen LogP) is 5.00. The maximum Gasteiger partial charge on any atom is 0.410 e. The van der Waals surface area contributed by atoms with Crippen molar-refractivity contribution >= 4 is 22.0 Å². The number of imidazole rings is 1. The highest BCUT2D eigenvalue weighted by Gasteiger charge is 2.26. The van der Waals surface area contributed by atoms with Gasteiger partial charge >= 0.3 is 12.6 Å². The number of benzene rings is 1. The monoisotopic (exact) mass is 427 g/mol. The summed E-state index contributed by atoms with van der Waals surface area (Å²) in [4.78, 5) is 18.0. The number of fused-ring (bicyclic) bond motifs is 1. The zero-order valence-corrected chi connectivity index (χ0v) is 16.4. The largest absolute Gasteiger partial charge is 0.444 e. The van der Waals surface area contributed by atoms with E-state index in [-0.39, 0.29) is 16.5 Å². The summed E-state index contributed by atoms with van der Waals surface area (Å²) in [6.45, 7) is 3.78. The third-order valence-corrected chi connectivity index (χ3v) is 4.66. The molecular formula is C18H20BrF2N3O2. The summed E-state index contributed by atoms with van der Waals surface area (Å²) >= 11 is 3.10. The van der Waals surface area contributed by atoms with Crippen LogP contribution in [0.1, 0.15) is 38.4 Å². The van der Waals surface area contributed by atoms with Crippen molar-refractivity contribution in [2.75, 3.05) is 6.54 Å². The van der Waals surface area contributed by atoms with Crippen molar-refractivity contribution in [2.45, 2.75) is 45.9 Å². The molecule has 0 bridgehead atoms. The van der Waals surface area contributed by atoms with Crippen LogP contribution >= 0.6 is 15.9 Å². The Morgan fingerprint density at radius 2 is 2.04 bits per heavy atom. The lowest BCUT2D eigenvalue weighted by molar-refractivity contribution is 0.0224. The summed E-state index contributed by atoms with van der Waals surface area (Å²) in [6, 6.07) is 5.49. The fourth-order valence-electron chi connectivity index (χ4n) is 2.91. The second kappa shape index (κ2) is 6.98. The van der Waals surface area contributed by atoms with Crippen LogP contribution in [0.4, 0.5) is 13.6 Å². The smallest absolute Gasteiger partial charge is 0.410 e. The molecule has 0 unspecified atom stereocenters. The lowest BCUT2D eigenvalue weighted by Gasteiger charge is -2.31. The van der Waals surface area contributed by atoms with E-state index in [1.807, 2.05) is 32.9 Å². The number of carbonyl (C=O) groups is 1. The van der Waals surface area contributed by atoms with E-state index < -0.39 is 12.2 Å². The first-order chi connectivity index (χ1) is 12.2. The van der Waals surface area contributed by atoms with Gasteiger partial charge in [-0.25, -0.2) is 9.78 Å². The van der Waals surface area contributed by atoms with E-state index in [2.05, 4.69) is 20.9 Å². The molecule has 140 valence electrons. The summed E-state index contributed by atoms with van der Waals surface area (Å²) in [7, 11) is 0. The van der Waals surface area contributed by atoms with E-state index in [4.69, 9.17) is 4.74 Å². The van der Waals surface area contributed by atoms with E-state index in [1.54, 1.807) is 11.0 Å². The number of alkyl halides is 2. The Balaban J connectivity index is 1.83. The molecule has 0 aliphatic carbocycles. The quantitative estimate of drug-likeness (QED) is 0.677. The van der Waals surface area contributed by atoms with Crippen LogP contribution < -0.4 is 0 Å². The van der Waals surface area contributed by atoms with Crippen LogP contribution in [0.2, 0.25) is 0 Å². The number of amides is 1. The number of nitrogens with zero attached hydrogens (tertiary/aromatic N) is 3. The molecule has 0 fully saturated rings. The Morgan fingerprint density at radius 1 is 1.31 bits per heavy atom. The molecule has 0 spiro atoms. The van der Waals surface area contributed by atoms with Crippen LogP contribution in [0, 0.1) is 0 Å². The first-order valence-corrected chi connectivity index (χ1v) is 9.06. The molecule has 5 nitrogen and oxygen atoms in total. The molecule has 0 saturated carbocycles. The van der Waals surface area contributed by atoms with Gasteiger partial charge in [-0.1, -0.05) is 12.1 Å². The Labute approximate surface area is 159 Å². The van der Waals surface area contributed by atoms with E-state index in [0.29, 0.717) is 25.1 Å². The van der Waals surface area contributed by atoms with Gasteiger partial charge < -0.3 is 9.64 Å². The highest BCUT2D eigenvalue weighted by Crippen LogP contribution is 2.31. The molecule has 1 aliphatic heterocycles. The molecule has 1 aromatic heterocycles. The van der Waals surface area contributed by atoms with E-state index in [1.165, 1.54) is 6.20 Å². The van der Waals surface area contributed by atoms with E-state index in [9.17, 15) is 13.6 Å². The number of halogens is 3. The fourth-order valence-corrected chi connectivity index (χ4v) is 3.34. The highest BCUT2D eigenvalue weighted by molar-refractivity contribution is 9.10. The average molecular weight is 428 g/mol. The molecule has 0 radical (unpaired) electrons. The molecule has 2 heterocycles. The van der Waals surface area contributed by atoms with Gasteiger partial charge in [-0.05, 0) is 60.3 Å². The molecule has 0 saturated heterocycles. The first-order valence-electron chi connectivity index (χ1n) is 8.26. The SMILES string of the molecule is CC(C)(C)OC(=O)N1CCc2cc(-c3ncc(Br)n3C(F)F)ccc2C1. The van der Waals surface area contributed by atoms with Gasteiger partial charge in [-0.3, -0.25) is 4.57 Å². The number of rotatable bonds is 2. The molecule has 26 heavy (non-hydrogen) atoms. The van der Waals surface area contributed by atoms with Crippen LogP contribution in [-0.2, 0) is 17.7 Å². The Bertz CT molecular complexity index is 830. The van der Waals surface area contributed by atoms with Gasteiger partial charge in [-0.15, -0.1) is 0 Å². The van der Waals surface area contributed by atoms with Gasteiger partial charge in [-0.2, -0.15) is 8.78 Å². The molecule has 0 atom stereocenters. The second-order valence-electron chi connectivity index (χ2n) is 7.19. The van der Waals surface area contributed by atoms with E-state index >= 15 is 0 Å². The Morgan fingerprint density at radius 3 is 2.69 bits per heavy atom. The normalized spacial score (nSPS) is 14.5. The summed E-state index contributed by atoms with van der Waals surface area (Å²) in [5, 5.41) is 0. The number of hydrogen-bond acceptors (Lipinski definition) is 3. The first kappa shape index (κ1) is 18.8. The summed E-state index contributed by atoms with van der Waals surface area (Å²) < 4.78 is 33.0. The lowest BCUT2D eigenvalue weighted by Crippen LogP contribution is -2.39. The number of aromatic nitrogens is 2. The van der Waals surface area contributed by atoms with Crippen molar-refractivity contribution in [3.05, 3.63) is 40.1 Å². The predicted molar refractivity (Wildman–Crippen MR) is 97.0 cm³/mol. The van der Waals surface area contributed by atoms with Gasteiger partial charge in [0, 0.05) is 18.7 Å². The number of carbonyl (C=O) groups excluding carboxylic acids is 1. The maximum atomic E-state index is 13.3. The third kappa shape index (κ3) is 3.90. The topological polar surface area (TPSA) is 47.4 Å². The minimum Gasteiger partial charge on any atom is -0.444 e. The maximum absolute atomic E-state index is 13.3. The van der Waals surface area contributed by atoms with Crippen molar-refractivity contribution in [2.24, 2.45) is 0 Å². The zero-order chi connectivity index (χ0) is 19.1. The minimum absolute atomic E-state index is 0.212. The van der Waals surface area contributed by atoms with Crippen LogP contribution in [0.5, 0.6) is 0 Å². The van der Waals surface area contributed by atoms with Gasteiger partial charge in [0.15, 0.2) is 0 Å². The molecule has 3 rings (SSSR count). The van der Waals surface area contributed by atoms with Crippen molar-refractivity contribution in [1.29, 1.82) is 0 Å². The third-order valence-electron chi connectivity index (χ3n) is 4.08. The van der Waals surface area contributed by atoms with Crippen molar-refractivity contribution in [3.8, 4) is 11.4 Å². The number of ether oxygens (including phenoxy) is 1. The lowest BCUT2D eigenvalue weighted by atomic mass is 9.97. The molecule has 2 aromatic rings. The van der Waals surface area contributed by atoms with Crippen LogP contribution in [0.15, 0.2) is 29.0 Å². The van der Waals surface area contributed by atoms with Crippen LogP contribution in [-0.4, -0.2) is 32.7 Å². The molecule has 8 heteroatoms. The van der Waals surface area contributed by atoms with E-state index in [0.717, 1.165) is 15.7 Å². The molecular weight excluding hydrogens is 408 g/mol. The van der Waals surface area contributed by atoms with Gasteiger partial charge in [0.1, 0.15) is 16.0 Å². The molecule has 1 aromatic carbocycles. The van der Waals surface area contributed by atoms with Crippen LogP contribution in [0.3, 0.4) is 0 Å². The summed E-state index contributed by atoms with van der Waals surface area (Å²) in [5.74, 6) is 0.212. The van der Waals surface area contributed by atoms with Gasteiger partial charge in [0.05, 0.1) is 6.20 Å². The number of hydrogen-bond donors (Lipinski definition) is 0. The zero-order valence-electron chi connectivity index (χ0n) is 14.8. The Kier molecular flexibility index (Phi) is 5.05. The van der Waals surface area contributed by atoms with Crippen LogP contribution in [0.25, 0.3) is 11.4 Å². The minimum atomic E-state index is -2.68.